The van der Waals surface area contributed by atoms with E-state index in [2.05, 4.69) is 10.7 Å². The number of fused-ring (bicyclic) bond motifs is 1. The van der Waals surface area contributed by atoms with Crippen LogP contribution in [0.5, 0.6) is 11.5 Å². The molecule has 7 nitrogen and oxygen atoms in total. The molecule has 1 aliphatic heterocycles. The molecule has 0 bridgehead atoms. The average Bonchev–Trinajstić information content (AvgIpc) is 2.80. The van der Waals surface area contributed by atoms with Gasteiger partial charge in [0.1, 0.15) is 17.7 Å². The number of halogens is 1. The second-order valence-electron chi connectivity index (χ2n) is 7.27. The molecule has 8 heteroatoms. The third-order valence-corrected chi connectivity index (χ3v) is 5.35. The van der Waals surface area contributed by atoms with Gasteiger partial charge in [-0.2, -0.15) is 0 Å². The van der Waals surface area contributed by atoms with Gasteiger partial charge in [-0.05, 0) is 54.4 Å². The Kier molecular flexibility index (Phi) is 6.18. The number of para-hydroxylation sites is 1. The Morgan fingerprint density at radius 1 is 1.12 bits per heavy atom. The Hall–Kier alpha value is -3.71. The Morgan fingerprint density at radius 3 is 2.59 bits per heavy atom. The first-order valence-electron chi connectivity index (χ1n) is 9.98. The molecule has 2 N–H and O–H groups in total. The molecule has 1 atom stereocenters. The normalized spacial score (nSPS) is 14.9. The quantitative estimate of drug-likeness (QED) is 0.583. The maximum absolute atomic E-state index is 13.3. The smallest absolute Gasteiger partial charge is 0.276 e. The summed E-state index contributed by atoms with van der Waals surface area (Å²) in [6.07, 6.45) is -0.635. The van der Waals surface area contributed by atoms with E-state index in [-0.39, 0.29) is 12.5 Å². The lowest BCUT2D eigenvalue weighted by molar-refractivity contribution is -0.127. The summed E-state index contributed by atoms with van der Waals surface area (Å²) in [6, 6.07) is 19.7. The second kappa shape index (κ2) is 9.20. The average molecular weight is 452 g/mol. The first kappa shape index (κ1) is 21.5. The van der Waals surface area contributed by atoms with Crippen LogP contribution in [-0.4, -0.2) is 30.5 Å². The van der Waals surface area contributed by atoms with E-state index in [1.165, 1.54) is 5.01 Å². The van der Waals surface area contributed by atoms with Crippen molar-refractivity contribution in [3.63, 3.8) is 0 Å². The summed E-state index contributed by atoms with van der Waals surface area (Å²) in [5.74, 6) is 0.443. The molecule has 1 unspecified atom stereocenters. The van der Waals surface area contributed by atoms with Crippen LogP contribution in [0.15, 0.2) is 66.7 Å². The lowest BCUT2D eigenvalue weighted by Crippen LogP contribution is -2.53. The number of carbonyl (C=O) groups is 2. The fourth-order valence-corrected chi connectivity index (χ4v) is 3.61. The van der Waals surface area contributed by atoms with E-state index in [9.17, 15) is 9.59 Å². The number of amides is 2. The number of hydrogen-bond donors (Lipinski definition) is 2. The first-order valence-corrected chi connectivity index (χ1v) is 10.4. The van der Waals surface area contributed by atoms with Crippen LogP contribution in [0.25, 0.3) is 0 Å². The number of benzene rings is 3. The maximum atomic E-state index is 13.3. The van der Waals surface area contributed by atoms with Crippen LogP contribution in [0.1, 0.15) is 27.7 Å². The summed E-state index contributed by atoms with van der Waals surface area (Å²) in [5.41, 5.74) is 5.35. The molecule has 0 aromatic heterocycles. The lowest BCUT2D eigenvalue weighted by atomic mass is 10.0. The van der Waals surface area contributed by atoms with Gasteiger partial charge in [0.05, 0.1) is 12.7 Å². The fourth-order valence-electron chi connectivity index (χ4n) is 3.44. The van der Waals surface area contributed by atoms with E-state index in [0.717, 1.165) is 11.1 Å². The summed E-state index contributed by atoms with van der Waals surface area (Å²) < 4.78 is 10.8. The van der Waals surface area contributed by atoms with Gasteiger partial charge in [0.2, 0.25) is 0 Å². The number of nitrogens with zero attached hydrogens (tertiary/aromatic N) is 1. The Morgan fingerprint density at radius 2 is 1.88 bits per heavy atom. The van der Waals surface area contributed by atoms with Crippen LogP contribution in [0.2, 0.25) is 5.02 Å². The minimum absolute atomic E-state index is 0.244. The number of hydrazine groups is 1. The molecule has 0 saturated heterocycles. The van der Waals surface area contributed by atoms with Crippen molar-refractivity contribution in [2.45, 2.75) is 13.1 Å². The molecule has 1 heterocycles. The molecule has 0 spiro atoms. The highest BCUT2D eigenvalue weighted by atomic mass is 35.5. The number of methoxy groups -OCH3 is 1. The molecule has 2 amide bonds. The molecule has 1 aliphatic rings. The fraction of sp³-hybridized carbons (Fsp3) is 0.167. The molecule has 164 valence electrons. The third kappa shape index (κ3) is 4.48. The highest BCUT2D eigenvalue weighted by molar-refractivity contribution is 6.31. The van der Waals surface area contributed by atoms with E-state index in [4.69, 9.17) is 21.1 Å². The zero-order chi connectivity index (χ0) is 22.7. The SMILES string of the molecule is COc1ccc(C2Nc3ccc(Cl)cc3C(=O)N2NC(=O)COc2ccccc2C)cc1. The number of nitrogens with one attached hydrogen (secondary N) is 2. The number of carbonyl (C=O) groups excluding carboxylic acids is 2. The van der Waals surface area contributed by atoms with E-state index >= 15 is 0 Å². The third-order valence-electron chi connectivity index (χ3n) is 5.11. The number of aryl methyl sites for hydroxylation is 1. The number of hydrogen-bond acceptors (Lipinski definition) is 5. The van der Waals surface area contributed by atoms with Gasteiger partial charge >= 0.3 is 0 Å². The summed E-state index contributed by atoms with van der Waals surface area (Å²) in [7, 11) is 1.58. The largest absolute Gasteiger partial charge is 0.497 e. The van der Waals surface area contributed by atoms with Crippen molar-refractivity contribution >= 4 is 29.1 Å². The van der Waals surface area contributed by atoms with E-state index < -0.39 is 12.1 Å². The topological polar surface area (TPSA) is 79.9 Å². The zero-order valence-electron chi connectivity index (χ0n) is 17.6. The van der Waals surface area contributed by atoms with Crippen molar-refractivity contribution in [1.29, 1.82) is 0 Å². The molecular formula is C24H22ClN3O4. The summed E-state index contributed by atoms with van der Waals surface area (Å²) in [5, 5.41) is 4.98. The van der Waals surface area contributed by atoms with Crippen molar-refractivity contribution in [3.05, 3.63) is 88.4 Å². The Bertz CT molecular complexity index is 1150. The van der Waals surface area contributed by atoms with Gasteiger partial charge < -0.3 is 14.8 Å². The monoisotopic (exact) mass is 451 g/mol. The van der Waals surface area contributed by atoms with Gasteiger partial charge in [-0.1, -0.05) is 41.9 Å². The van der Waals surface area contributed by atoms with Crippen LogP contribution in [0.4, 0.5) is 5.69 Å². The summed E-state index contributed by atoms with van der Waals surface area (Å²) >= 11 is 6.09. The minimum atomic E-state index is -0.635. The number of anilines is 1. The van der Waals surface area contributed by atoms with Crippen molar-refractivity contribution in [2.75, 3.05) is 19.0 Å². The number of rotatable bonds is 6. The highest BCUT2D eigenvalue weighted by Crippen LogP contribution is 2.34. The van der Waals surface area contributed by atoms with Gasteiger partial charge in [0.25, 0.3) is 11.8 Å². The standard InChI is InChI=1S/C24H22ClN3O4/c1-15-5-3-4-6-21(15)32-14-22(29)27-28-23(16-7-10-18(31-2)11-8-16)26-20-12-9-17(25)13-19(20)24(28)30/h3-13,23,26H,14H2,1-2H3,(H,27,29). The van der Waals surface area contributed by atoms with E-state index in [1.54, 1.807) is 43.5 Å². The van der Waals surface area contributed by atoms with Crippen LogP contribution < -0.4 is 20.2 Å². The molecule has 3 aromatic carbocycles. The van der Waals surface area contributed by atoms with Crippen molar-refractivity contribution in [3.8, 4) is 11.5 Å². The molecule has 0 aliphatic carbocycles. The molecule has 0 radical (unpaired) electrons. The molecular weight excluding hydrogens is 430 g/mol. The van der Waals surface area contributed by atoms with Crippen molar-refractivity contribution in [2.24, 2.45) is 0 Å². The molecule has 0 fully saturated rings. The van der Waals surface area contributed by atoms with Gasteiger partial charge in [-0.3, -0.25) is 15.0 Å². The summed E-state index contributed by atoms with van der Waals surface area (Å²) in [6.45, 7) is 1.65. The highest BCUT2D eigenvalue weighted by Gasteiger charge is 2.34. The van der Waals surface area contributed by atoms with Gasteiger partial charge in [0, 0.05) is 10.7 Å². The molecule has 32 heavy (non-hydrogen) atoms. The number of ether oxygens (including phenoxy) is 2. The lowest BCUT2D eigenvalue weighted by Gasteiger charge is -2.37. The van der Waals surface area contributed by atoms with E-state index in [1.807, 2.05) is 37.3 Å². The molecule has 0 saturated carbocycles. The molecule has 4 rings (SSSR count). The first-order chi connectivity index (χ1) is 15.5. The van der Waals surface area contributed by atoms with Crippen molar-refractivity contribution < 1.29 is 19.1 Å². The Balaban J connectivity index is 1.58. The van der Waals surface area contributed by atoms with Gasteiger partial charge in [-0.25, -0.2) is 5.01 Å². The Labute approximate surface area is 190 Å². The van der Waals surface area contributed by atoms with Crippen LogP contribution >= 0.6 is 11.6 Å². The second-order valence-corrected chi connectivity index (χ2v) is 7.71. The predicted octanol–water partition coefficient (Wildman–Crippen LogP) is 4.33. The maximum Gasteiger partial charge on any atom is 0.276 e. The summed E-state index contributed by atoms with van der Waals surface area (Å²) in [4.78, 5) is 26.0. The predicted molar refractivity (Wildman–Crippen MR) is 122 cm³/mol. The van der Waals surface area contributed by atoms with E-state index in [0.29, 0.717) is 27.8 Å². The van der Waals surface area contributed by atoms with Crippen LogP contribution in [0, 0.1) is 6.92 Å². The molecule has 3 aromatic rings. The minimum Gasteiger partial charge on any atom is -0.497 e. The van der Waals surface area contributed by atoms with Crippen LogP contribution in [0.3, 0.4) is 0 Å². The van der Waals surface area contributed by atoms with Crippen molar-refractivity contribution in [1.82, 2.24) is 10.4 Å². The van der Waals surface area contributed by atoms with Crippen LogP contribution in [-0.2, 0) is 4.79 Å². The van der Waals surface area contributed by atoms with Gasteiger partial charge in [-0.15, -0.1) is 0 Å². The zero-order valence-corrected chi connectivity index (χ0v) is 18.3. The van der Waals surface area contributed by atoms with Gasteiger partial charge in [0.15, 0.2) is 6.61 Å².